The lowest BCUT2D eigenvalue weighted by atomic mass is 9.96. The van der Waals surface area contributed by atoms with Crippen LogP contribution in [-0.4, -0.2) is 21.2 Å². The largest absolute Gasteiger partial charge is 0.457 e. The van der Waals surface area contributed by atoms with Crippen LogP contribution in [-0.2, 0) is 4.79 Å². The summed E-state index contributed by atoms with van der Waals surface area (Å²) in [5.41, 5.74) is 1.03. The number of rotatable bonds is 3. The molecule has 2 fully saturated rings. The summed E-state index contributed by atoms with van der Waals surface area (Å²) in [6.07, 6.45) is 10.1. The lowest BCUT2D eigenvalue weighted by Crippen LogP contribution is -2.39. The van der Waals surface area contributed by atoms with E-state index in [9.17, 15) is 4.79 Å². The van der Waals surface area contributed by atoms with Gasteiger partial charge in [-0.15, -0.1) is 0 Å². The van der Waals surface area contributed by atoms with E-state index in [0.29, 0.717) is 15.0 Å². The minimum atomic E-state index is 0.0354. The second kappa shape index (κ2) is 8.44. The van der Waals surface area contributed by atoms with Crippen LogP contribution in [0.5, 0.6) is 0 Å². The smallest absolute Gasteiger partial charge is 0.266 e. The average molecular weight is 398 g/mol. The van der Waals surface area contributed by atoms with Crippen molar-refractivity contribution >= 4 is 40.3 Å². The minimum absolute atomic E-state index is 0.0354. The number of nitrogens with zero attached hydrogens (tertiary/aromatic N) is 1. The van der Waals surface area contributed by atoms with E-state index in [1.165, 1.54) is 43.9 Å². The third-order valence-corrected chi connectivity index (χ3v) is 6.55. The van der Waals surface area contributed by atoms with Crippen LogP contribution in [0.25, 0.3) is 17.4 Å². The predicted molar refractivity (Wildman–Crippen MR) is 115 cm³/mol. The summed E-state index contributed by atoms with van der Waals surface area (Å²) in [4.78, 5) is 15.5. The summed E-state index contributed by atoms with van der Waals surface area (Å²) in [5.74, 6) is 1.53. The first kappa shape index (κ1) is 18.5. The monoisotopic (exact) mass is 397 g/mol. The molecule has 0 N–H and O–H groups in total. The Morgan fingerprint density at radius 1 is 1.00 bits per heavy atom. The Kier molecular flexibility index (Phi) is 5.79. The molecule has 1 amide bonds. The Hall–Kier alpha value is -1.85. The van der Waals surface area contributed by atoms with Crippen LogP contribution < -0.4 is 0 Å². The average Bonchev–Trinajstić information content (AvgIpc) is 3.22. The molecular formula is C22H23NO2S2. The van der Waals surface area contributed by atoms with Gasteiger partial charge in [-0.3, -0.25) is 9.69 Å². The van der Waals surface area contributed by atoms with Gasteiger partial charge in [-0.25, -0.2) is 0 Å². The minimum Gasteiger partial charge on any atom is -0.457 e. The van der Waals surface area contributed by atoms with Crippen molar-refractivity contribution in [3.05, 3.63) is 53.1 Å². The van der Waals surface area contributed by atoms with E-state index in [4.69, 9.17) is 16.6 Å². The first-order chi connectivity index (χ1) is 13.2. The summed E-state index contributed by atoms with van der Waals surface area (Å²) in [5, 5.41) is 0. The van der Waals surface area contributed by atoms with Gasteiger partial charge in [-0.05, 0) is 25.0 Å². The molecular weight excluding hydrogens is 374 g/mol. The molecule has 2 heterocycles. The number of amides is 1. The number of hydrogen-bond acceptors (Lipinski definition) is 4. The van der Waals surface area contributed by atoms with Gasteiger partial charge in [0.1, 0.15) is 15.8 Å². The molecule has 140 valence electrons. The molecule has 5 heteroatoms. The van der Waals surface area contributed by atoms with E-state index in [1.54, 1.807) is 0 Å². The second-order valence-corrected chi connectivity index (χ2v) is 8.79. The molecule has 1 aliphatic carbocycles. The van der Waals surface area contributed by atoms with Crippen molar-refractivity contribution in [3.8, 4) is 11.3 Å². The zero-order valence-corrected chi connectivity index (χ0v) is 16.9. The molecule has 2 aliphatic rings. The van der Waals surface area contributed by atoms with Crippen molar-refractivity contribution in [1.82, 2.24) is 4.90 Å². The number of thioether (sulfide) groups is 1. The van der Waals surface area contributed by atoms with Crippen LogP contribution in [0.4, 0.5) is 0 Å². The maximum atomic E-state index is 13.0. The van der Waals surface area contributed by atoms with Gasteiger partial charge >= 0.3 is 0 Å². The lowest BCUT2D eigenvalue weighted by Gasteiger charge is -2.28. The van der Waals surface area contributed by atoms with Crippen LogP contribution in [0.3, 0.4) is 0 Å². The summed E-state index contributed by atoms with van der Waals surface area (Å²) in [6.45, 7) is 0. The van der Waals surface area contributed by atoms with Crippen LogP contribution in [0, 0.1) is 0 Å². The lowest BCUT2D eigenvalue weighted by molar-refractivity contribution is -0.123. The molecule has 3 nitrogen and oxygen atoms in total. The maximum Gasteiger partial charge on any atom is 0.266 e. The van der Waals surface area contributed by atoms with Crippen LogP contribution in [0.1, 0.15) is 50.7 Å². The Bertz CT molecular complexity index is 848. The van der Waals surface area contributed by atoms with E-state index in [1.807, 2.05) is 53.4 Å². The van der Waals surface area contributed by atoms with Gasteiger partial charge in [-0.2, -0.15) is 0 Å². The first-order valence-corrected chi connectivity index (χ1v) is 10.9. The van der Waals surface area contributed by atoms with Gasteiger partial charge in [0.2, 0.25) is 0 Å². The van der Waals surface area contributed by atoms with E-state index >= 15 is 0 Å². The number of thiocarbonyl (C=S) groups is 1. The molecule has 1 saturated carbocycles. The standard InChI is InChI=1S/C22H23NO2S2/c24-21-20(15-18-13-14-19(25-18)16-9-5-4-6-10-16)27-22(26)23(21)17-11-7-2-1-3-8-12-17/h4-6,9-10,13-15,17H,1-3,7-8,11-12H2/b20-15-. The van der Waals surface area contributed by atoms with Crippen molar-refractivity contribution in [2.24, 2.45) is 0 Å². The molecule has 2 aromatic rings. The van der Waals surface area contributed by atoms with Gasteiger partial charge < -0.3 is 4.42 Å². The van der Waals surface area contributed by atoms with Crippen LogP contribution in [0.15, 0.2) is 51.8 Å². The van der Waals surface area contributed by atoms with Crippen LogP contribution in [0.2, 0.25) is 0 Å². The molecule has 4 rings (SSSR count). The zero-order chi connectivity index (χ0) is 18.6. The topological polar surface area (TPSA) is 33.5 Å². The number of carbonyl (C=O) groups is 1. The number of hydrogen-bond donors (Lipinski definition) is 0. The highest BCUT2D eigenvalue weighted by Crippen LogP contribution is 2.37. The van der Waals surface area contributed by atoms with E-state index in [0.717, 1.165) is 24.2 Å². The quantitative estimate of drug-likeness (QED) is 0.452. The Morgan fingerprint density at radius 2 is 1.70 bits per heavy atom. The van der Waals surface area contributed by atoms with E-state index < -0.39 is 0 Å². The number of carbonyl (C=O) groups excluding carboxylic acids is 1. The van der Waals surface area contributed by atoms with E-state index in [2.05, 4.69) is 0 Å². The maximum absolute atomic E-state index is 13.0. The number of benzene rings is 1. The SMILES string of the molecule is O=C1/C(=C/c2ccc(-c3ccccc3)o2)SC(=S)N1C1CCCCCCC1. The van der Waals surface area contributed by atoms with E-state index in [-0.39, 0.29) is 11.9 Å². The molecule has 27 heavy (non-hydrogen) atoms. The molecule has 0 radical (unpaired) electrons. The normalized spacial score (nSPS) is 20.9. The molecule has 0 unspecified atom stereocenters. The molecule has 1 aliphatic heterocycles. The molecule has 1 saturated heterocycles. The summed E-state index contributed by atoms with van der Waals surface area (Å²) < 4.78 is 6.62. The Labute approximate surface area is 169 Å². The third-order valence-electron chi connectivity index (χ3n) is 5.22. The molecule has 1 aromatic carbocycles. The summed E-state index contributed by atoms with van der Waals surface area (Å²) >= 11 is 6.94. The van der Waals surface area contributed by atoms with Gasteiger partial charge in [0.15, 0.2) is 0 Å². The fraction of sp³-hybridized carbons (Fsp3) is 0.364. The van der Waals surface area contributed by atoms with Crippen molar-refractivity contribution in [2.75, 3.05) is 0 Å². The molecule has 0 atom stereocenters. The Balaban J connectivity index is 1.52. The molecule has 1 aromatic heterocycles. The summed E-state index contributed by atoms with van der Waals surface area (Å²) in [6, 6.07) is 14.1. The van der Waals surface area contributed by atoms with Gasteiger partial charge in [0.25, 0.3) is 5.91 Å². The van der Waals surface area contributed by atoms with Crippen molar-refractivity contribution in [1.29, 1.82) is 0 Å². The van der Waals surface area contributed by atoms with Crippen molar-refractivity contribution in [2.45, 2.75) is 51.0 Å². The Morgan fingerprint density at radius 3 is 2.44 bits per heavy atom. The molecule has 0 bridgehead atoms. The second-order valence-electron chi connectivity index (χ2n) is 7.12. The number of furan rings is 1. The highest BCUT2D eigenvalue weighted by Gasteiger charge is 2.37. The fourth-order valence-electron chi connectivity index (χ4n) is 3.80. The van der Waals surface area contributed by atoms with Crippen molar-refractivity contribution < 1.29 is 9.21 Å². The van der Waals surface area contributed by atoms with Crippen LogP contribution >= 0.6 is 24.0 Å². The van der Waals surface area contributed by atoms with Gasteiger partial charge in [0, 0.05) is 17.7 Å². The summed E-state index contributed by atoms with van der Waals surface area (Å²) in [7, 11) is 0. The third kappa shape index (κ3) is 4.19. The highest BCUT2D eigenvalue weighted by molar-refractivity contribution is 8.26. The zero-order valence-electron chi connectivity index (χ0n) is 15.2. The molecule has 0 spiro atoms. The fourth-order valence-corrected chi connectivity index (χ4v) is 5.19. The van der Waals surface area contributed by atoms with Crippen molar-refractivity contribution in [3.63, 3.8) is 0 Å². The predicted octanol–water partition coefficient (Wildman–Crippen LogP) is 6.26. The highest BCUT2D eigenvalue weighted by atomic mass is 32.2. The first-order valence-electron chi connectivity index (χ1n) is 9.65. The van der Waals surface area contributed by atoms with Gasteiger partial charge in [0.05, 0.1) is 4.91 Å². The van der Waals surface area contributed by atoms with Gasteiger partial charge in [-0.1, -0.05) is 86.4 Å².